The molecule has 2 N–H and O–H groups in total. The van der Waals surface area contributed by atoms with E-state index in [1.165, 1.54) is 11.1 Å². The maximum Gasteiger partial charge on any atom is 0.314 e. The Morgan fingerprint density at radius 1 is 1.05 bits per heavy atom. The maximum atomic E-state index is 11.7. The molecule has 1 aromatic heterocycles. The number of carbonyl (C=O) groups is 1. The normalized spacial score (nSPS) is 11.7. The highest BCUT2D eigenvalue weighted by atomic mass is 16.2. The van der Waals surface area contributed by atoms with Gasteiger partial charge in [0.1, 0.15) is 0 Å². The fourth-order valence-electron chi connectivity index (χ4n) is 2.28. The van der Waals surface area contributed by atoms with E-state index in [1.54, 1.807) is 12.4 Å². The second-order valence-electron chi connectivity index (χ2n) is 5.39. The molecule has 4 nitrogen and oxygen atoms in total. The molecule has 0 radical (unpaired) electrons. The molecule has 0 fully saturated rings. The molecule has 0 unspecified atom stereocenters. The number of rotatable bonds is 7. The van der Waals surface area contributed by atoms with E-state index in [2.05, 4.69) is 34.7 Å². The summed E-state index contributed by atoms with van der Waals surface area (Å²) in [5.41, 5.74) is 2.48. The summed E-state index contributed by atoms with van der Waals surface area (Å²) in [5, 5.41) is 5.78. The molecule has 22 heavy (non-hydrogen) atoms. The molecule has 4 heteroatoms. The maximum absolute atomic E-state index is 11.7. The van der Waals surface area contributed by atoms with Crippen LogP contribution in [0, 0.1) is 0 Å². The molecule has 1 aromatic carbocycles. The van der Waals surface area contributed by atoms with Gasteiger partial charge in [-0.2, -0.15) is 0 Å². The summed E-state index contributed by atoms with van der Waals surface area (Å²) in [4.78, 5) is 15.7. The van der Waals surface area contributed by atoms with E-state index < -0.39 is 0 Å². The second kappa shape index (κ2) is 8.82. The monoisotopic (exact) mass is 297 g/mol. The number of carbonyl (C=O) groups excluding carboxylic acids is 1. The first kappa shape index (κ1) is 16.0. The molecule has 0 bridgehead atoms. The minimum atomic E-state index is -0.102. The smallest absolute Gasteiger partial charge is 0.314 e. The largest absolute Gasteiger partial charge is 0.338 e. The van der Waals surface area contributed by atoms with E-state index in [9.17, 15) is 4.79 Å². The van der Waals surface area contributed by atoms with Crippen molar-refractivity contribution in [3.8, 4) is 0 Å². The molecule has 0 aliphatic rings. The molecule has 0 saturated carbocycles. The lowest BCUT2D eigenvalue weighted by Gasteiger charge is -2.13. The lowest BCUT2D eigenvalue weighted by molar-refractivity contribution is 0.240. The summed E-state index contributed by atoms with van der Waals surface area (Å²) >= 11 is 0. The molecule has 116 valence electrons. The summed E-state index contributed by atoms with van der Waals surface area (Å²) in [6.45, 7) is 3.49. The third kappa shape index (κ3) is 5.56. The average molecular weight is 297 g/mol. The van der Waals surface area contributed by atoms with Crippen molar-refractivity contribution in [2.75, 3.05) is 13.1 Å². The molecule has 1 atom stereocenters. The van der Waals surface area contributed by atoms with Gasteiger partial charge in [-0.25, -0.2) is 4.79 Å². The number of aromatic nitrogens is 1. The Morgan fingerprint density at radius 2 is 1.73 bits per heavy atom. The van der Waals surface area contributed by atoms with E-state index in [-0.39, 0.29) is 6.03 Å². The SMILES string of the molecule is C[C@H](CCNC(=O)NCCc1ccncc1)c1ccccc1. The third-order valence-electron chi connectivity index (χ3n) is 3.68. The number of amides is 2. The van der Waals surface area contributed by atoms with Crippen LogP contribution in [-0.2, 0) is 6.42 Å². The highest BCUT2D eigenvalue weighted by Crippen LogP contribution is 2.17. The van der Waals surface area contributed by atoms with Gasteiger partial charge in [0.2, 0.25) is 0 Å². The van der Waals surface area contributed by atoms with Crippen molar-refractivity contribution < 1.29 is 4.79 Å². The minimum Gasteiger partial charge on any atom is -0.338 e. The van der Waals surface area contributed by atoms with E-state index >= 15 is 0 Å². The lowest BCUT2D eigenvalue weighted by Crippen LogP contribution is -2.37. The van der Waals surface area contributed by atoms with Gasteiger partial charge in [-0.3, -0.25) is 4.98 Å². The Balaban J connectivity index is 1.60. The van der Waals surface area contributed by atoms with Gasteiger partial charge in [0, 0.05) is 25.5 Å². The van der Waals surface area contributed by atoms with Gasteiger partial charge in [-0.05, 0) is 42.0 Å². The summed E-state index contributed by atoms with van der Waals surface area (Å²) in [6, 6.07) is 14.2. The first-order chi connectivity index (χ1) is 10.8. The first-order valence-electron chi connectivity index (χ1n) is 7.71. The van der Waals surface area contributed by atoms with Crippen LogP contribution >= 0.6 is 0 Å². The van der Waals surface area contributed by atoms with Crippen LogP contribution in [0.1, 0.15) is 30.4 Å². The van der Waals surface area contributed by atoms with Crippen LogP contribution in [0.15, 0.2) is 54.9 Å². The highest BCUT2D eigenvalue weighted by molar-refractivity contribution is 5.73. The van der Waals surface area contributed by atoms with Gasteiger partial charge in [-0.15, -0.1) is 0 Å². The predicted molar refractivity (Wildman–Crippen MR) is 88.8 cm³/mol. The molecule has 2 aromatic rings. The van der Waals surface area contributed by atoms with Gasteiger partial charge in [0.15, 0.2) is 0 Å². The summed E-state index contributed by atoms with van der Waals surface area (Å²) in [7, 11) is 0. The van der Waals surface area contributed by atoms with Crippen molar-refractivity contribution in [2.24, 2.45) is 0 Å². The van der Waals surface area contributed by atoms with Gasteiger partial charge in [0.05, 0.1) is 0 Å². The standard InChI is InChI=1S/C18H23N3O/c1-15(17-5-3-2-4-6-17)7-13-20-18(22)21-14-10-16-8-11-19-12-9-16/h2-6,8-9,11-12,15H,7,10,13-14H2,1H3,(H2,20,21,22)/t15-/m1/s1. The topological polar surface area (TPSA) is 54.0 Å². The van der Waals surface area contributed by atoms with Gasteiger partial charge in [0.25, 0.3) is 0 Å². The molecule has 0 saturated heterocycles. The van der Waals surface area contributed by atoms with Gasteiger partial charge >= 0.3 is 6.03 Å². The van der Waals surface area contributed by atoms with Crippen LogP contribution in [0.25, 0.3) is 0 Å². The molecule has 1 heterocycles. The highest BCUT2D eigenvalue weighted by Gasteiger charge is 2.05. The van der Waals surface area contributed by atoms with Crippen molar-refractivity contribution in [3.05, 3.63) is 66.0 Å². The number of nitrogens with zero attached hydrogens (tertiary/aromatic N) is 1. The van der Waals surface area contributed by atoms with Crippen molar-refractivity contribution in [2.45, 2.75) is 25.7 Å². The molecule has 2 amide bonds. The molecule has 0 aliphatic heterocycles. The Bertz CT molecular complexity index is 557. The van der Waals surface area contributed by atoms with Crippen molar-refractivity contribution in [1.29, 1.82) is 0 Å². The van der Waals surface area contributed by atoms with Crippen molar-refractivity contribution in [3.63, 3.8) is 0 Å². The van der Waals surface area contributed by atoms with Crippen LogP contribution in [0.3, 0.4) is 0 Å². The Hall–Kier alpha value is -2.36. The van der Waals surface area contributed by atoms with Crippen LogP contribution in [0.2, 0.25) is 0 Å². The van der Waals surface area contributed by atoms with Gasteiger partial charge in [-0.1, -0.05) is 37.3 Å². The van der Waals surface area contributed by atoms with Crippen LogP contribution in [0.4, 0.5) is 4.79 Å². The molecule has 2 rings (SSSR count). The number of pyridine rings is 1. The van der Waals surface area contributed by atoms with Crippen LogP contribution in [0.5, 0.6) is 0 Å². The summed E-state index contributed by atoms with van der Waals surface area (Å²) in [5.74, 6) is 0.443. The molecular weight excluding hydrogens is 274 g/mol. The van der Waals surface area contributed by atoms with E-state index in [1.807, 2.05) is 30.3 Å². The fourth-order valence-corrected chi connectivity index (χ4v) is 2.28. The van der Waals surface area contributed by atoms with E-state index in [0.29, 0.717) is 19.0 Å². The zero-order valence-electron chi connectivity index (χ0n) is 13.0. The third-order valence-corrected chi connectivity index (χ3v) is 3.68. The predicted octanol–water partition coefficient (Wildman–Crippen LogP) is 3.12. The molecule has 0 aliphatic carbocycles. The second-order valence-corrected chi connectivity index (χ2v) is 5.39. The zero-order valence-corrected chi connectivity index (χ0v) is 13.0. The average Bonchev–Trinajstić information content (AvgIpc) is 2.56. The quantitative estimate of drug-likeness (QED) is 0.825. The Labute approximate surface area is 132 Å². The number of benzene rings is 1. The number of hydrogen-bond acceptors (Lipinski definition) is 2. The Kier molecular flexibility index (Phi) is 6.42. The fraction of sp³-hybridized carbons (Fsp3) is 0.333. The number of hydrogen-bond donors (Lipinski definition) is 2. The van der Waals surface area contributed by atoms with Gasteiger partial charge < -0.3 is 10.6 Å². The zero-order chi connectivity index (χ0) is 15.6. The Morgan fingerprint density at radius 3 is 2.45 bits per heavy atom. The number of urea groups is 1. The van der Waals surface area contributed by atoms with Crippen LogP contribution in [-0.4, -0.2) is 24.1 Å². The number of nitrogens with one attached hydrogen (secondary N) is 2. The lowest BCUT2D eigenvalue weighted by atomic mass is 9.98. The summed E-state index contributed by atoms with van der Waals surface area (Å²) in [6.07, 6.45) is 5.28. The van der Waals surface area contributed by atoms with Crippen molar-refractivity contribution in [1.82, 2.24) is 15.6 Å². The van der Waals surface area contributed by atoms with Crippen molar-refractivity contribution >= 4 is 6.03 Å². The molecular formula is C18H23N3O. The first-order valence-corrected chi connectivity index (χ1v) is 7.71. The summed E-state index contributed by atoms with van der Waals surface area (Å²) < 4.78 is 0. The molecule has 0 spiro atoms. The van der Waals surface area contributed by atoms with E-state index in [0.717, 1.165) is 12.8 Å². The van der Waals surface area contributed by atoms with Crippen LogP contribution < -0.4 is 10.6 Å². The van der Waals surface area contributed by atoms with E-state index in [4.69, 9.17) is 0 Å². The minimum absolute atomic E-state index is 0.102.